The number of nitrogens with two attached hydrogens (primary N) is 1. The van der Waals surface area contributed by atoms with Crippen LogP contribution >= 0.6 is 0 Å². The topological polar surface area (TPSA) is 63.0 Å². The quantitative estimate of drug-likeness (QED) is 0.724. The summed E-state index contributed by atoms with van der Waals surface area (Å²) in [6.07, 6.45) is 3.69. The van der Waals surface area contributed by atoms with E-state index in [-0.39, 0.29) is 5.82 Å². The number of benzene rings is 1. The first kappa shape index (κ1) is 12.2. The van der Waals surface area contributed by atoms with Crippen molar-refractivity contribution >= 4 is 22.3 Å². The Morgan fingerprint density at radius 2 is 2.05 bits per heavy atom. The average molecular weight is 260 g/mol. The summed E-state index contributed by atoms with van der Waals surface area (Å²) in [6, 6.07) is 5.01. The minimum absolute atomic E-state index is 0.264. The zero-order chi connectivity index (χ0) is 13.2. The minimum Gasteiger partial charge on any atom is -0.398 e. The van der Waals surface area contributed by atoms with Gasteiger partial charge in [0.25, 0.3) is 0 Å². The van der Waals surface area contributed by atoms with Crippen LogP contribution in [0.3, 0.4) is 0 Å². The average Bonchev–Trinajstić information content (AvgIpc) is 2.44. The summed E-state index contributed by atoms with van der Waals surface area (Å²) in [6.45, 7) is 1.98. The Morgan fingerprint density at radius 3 is 2.84 bits per heavy atom. The number of hydrogen-bond donors (Lipinski definition) is 3. The highest BCUT2D eigenvalue weighted by atomic mass is 19.1. The molecule has 19 heavy (non-hydrogen) atoms. The third-order valence-electron chi connectivity index (χ3n) is 3.59. The van der Waals surface area contributed by atoms with E-state index < -0.39 is 0 Å². The first-order chi connectivity index (χ1) is 9.25. The number of pyridine rings is 1. The van der Waals surface area contributed by atoms with Crippen molar-refractivity contribution in [2.24, 2.45) is 0 Å². The number of nitrogens with zero attached hydrogens (tertiary/aromatic N) is 1. The van der Waals surface area contributed by atoms with Gasteiger partial charge in [0.2, 0.25) is 0 Å². The van der Waals surface area contributed by atoms with Gasteiger partial charge in [0.15, 0.2) is 0 Å². The van der Waals surface area contributed by atoms with Crippen molar-refractivity contribution in [2.45, 2.75) is 18.9 Å². The number of rotatable bonds is 2. The number of fused-ring (bicyclic) bond motifs is 1. The van der Waals surface area contributed by atoms with Crippen molar-refractivity contribution in [3.63, 3.8) is 0 Å². The van der Waals surface area contributed by atoms with Gasteiger partial charge >= 0.3 is 0 Å². The Labute approximate surface area is 111 Å². The normalized spacial score (nSPS) is 16.7. The molecule has 1 saturated heterocycles. The maximum absolute atomic E-state index is 13.8. The molecule has 3 rings (SSSR count). The number of nitrogens with one attached hydrogen (secondary N) is 2. The van der Waals surface area contributed by atoms with Crippen LogP contribution in [0.1, 0.15) is 12.8 Å². The highest BCUT2D eigenvalue weighted by Gasteiger charge is 2.16. The van der Waals surface area contributed by atoms with E-state index in [1.165, 1.54) is 6.07 Å². The van der Waals surface area contributed by atoms with Crippen LogP contribution in [-0.4, -0.2) is 24.1 Å². The van der Waals surface area contributed by atoms with E-state index in [0.717, 1.165) is 25.9 Å². The minimum atomic E-state index is -0.264. The van der Waals surface area contributed by atoms with Crippen molar-refractivity contribution in [1.29, 1.82) is 0 Å². The lowest BCUT2D eigenvalue weighted by Gasteiger charge is -2.25. The van der Waals surface area contributed by atoms with Gasteiger partial charge in [-0.15, -0.1) is 0 Å². The summed E-state index contributed by atoms with van der Waals surface area (Å²) in [5, 5.41) is 7.91. The third-order valence-corrected chi connectivity index (χ3v) is 3.59. The van der Waals surface area contributed by atoms with Crippen LogP contribution in [0.5, 0.6) is 0 Å². The maximum atomic E-state index is 13.8. The van der Waals surface area contributed by atoms with Crippen LogP contribution in [0.15, 0.2) is 24.4 Å². The summed E-state index contributed by atoms with van der Waals surface area (Å²) < 4.78 is 13.8. The number of hydrogen-bond acceptors (Lipinski definition) is 4. The molecule has 0 spiro atoms. The van der Waals surface area contributed by atoms with E-state index in [4.69, 9.17) is 5.73 Å². The molecular formula is C14H17FN4. The van der Waals surface area contributed by atoms with Gasteiger partial charge in [-0.25, -0.2) is 9.37 Å². The second-order valence-corrected chi connectivity index (χ2v) is 4.89. The third kappa shape index (κ3) is 2.33. The molecule has 1 aromatic carbocycles. The fourth-order valence-corrected chi connectivity index (χ4v) is 2.56. The van der Waals surface area contributed by atoms with Crippen LogP contribution in [0.2, 0.25) is 0 Å². The monoisotopic (exact) mass is 260 g/mol. The summed E-state index contributed by atoms with van der Waals surface area (Å²) in [5.74, 6) is 0.418. The molecule has 0 unspecified atom stereocenters. The van der Waals surface area contributed by atoms with E-state index in [0.29, 0.717) is 28.3 Å². The summed E-state index contributed by atoms with van der Waals surface area (Å²) in [4.78, 5) is 4.32. The molecule has 5 heteroatoms. The molecule has 1 aliphatic rings. The van der Waals surface area contributed by atoms with Gasteiger partial charge in [-0.05, 0) is 44.1 Å². The second-order valence-electron chi connectivity index (χ2n) is 4.89. The zero-order valence-corrected chi connectivity index (χ0v) is 10.6. The molecule has 0 atom stereocenters. The summed E-state index contributed by atoms with van der Waals surface area (Å²) in [5.41, 5.74) is 6.53. The van der Waals surface area contributed by atoms with E-state index in [1.807, 2.05) is 0 Å². The highest BCUT2D eigenvalue weighted by molar-refractivity contribution is 6.01. The fraction of sp³-hybridized carbons (Fsp3) is 0.357. The molecule has 0 saturated carbocycles. The standard InChI is InChI=1S/C14H17FN4/c15-11-1-2-12(16)13-10(11)5-8-18-14(13)19-9-3-6-17-7-4-9/h1-2,5,8-9,17H,3-4,6-7,16H2,(H,18,19). The van der Waals surface area contributed by atoms with Crippen molar-refractivity contribution in [3.05, 3.63) is 30.2 Å². The number of nitrogen functional groups attached to an aromatic ring is 1. The lowest BCUT2D eigenvalue weighted by Crippen LogP contribution is -2.35. The molecule has 1 aromatic heterocycles. The zero-order valence-electron chi connectivity index (χ0n) is 10.6. The molecule has 2 aromatic rings. The Bertz CT molecular complexity index is 593. The van der Waals surface area contributed by atoms with Crippen molar-refractivity contribution < 1.29 is 4.39 Å². The Kier molecular flexibility index (Phi) is 3.21. The fourth-order valence-electron chi connectivity index (χ4n) is 2.56. The van der Waals surface area contributed by atoms with Gasteiger partial charge < -0.3 is 16.4 Å². The molecule has 4 nitrogen and oxygen atoms in total. The summed E-state index contributed by atoms with van der Waals surface area (Å²) in [7, 11) is 0. The SMILES string of the molecule is Nc1ccc(F)c2ccnc(NC3CCNCC3)c12. The van der Waals surface area contributed by atoms with E-state index in [2.05, 4.69) is 15.6 Å². The van der Waals surface area contributed by atoms with Crippen LogP contribution in [-0.2, 0) is 0 Å². The smallest absolute Gasteiger partial charge is 0.136 e. The molecule has 4 N–H and O–H groups in total. The van der Waals surface area contributed by atoms with E-state index >= 15 is 0 Å². The summed E-state index contributed by atoms with van der Waals surface area (Å²) >= 11 is 0. The molecular weight excluding hydrogens is 243 g/mol. The molecule has 0 radical (unpaired) electrons. The van der Waals surface area contributed by atoms with Crippen LogP contribution in [0, 0.1) is 5.82 Å². The van der Waals surface area contributed by atoms with Gasteiger partial charge in [0, 0.05) is 23.3 Å². The predicted molar refractivity (Wildman–Crippen MR) is 75.6 cm³/mol. The molecule has 100 valence electrons. The number of halogens is 1. The maximum Gasteiger partial charge on any atom is 0.136 e. The van der Waals surface area contributed by atoms with Crippen molar-refractivity contribution in [1.82, 2.24) is 10.3 Å². The van der Waals surface area contributed by atoms with Crippen LogP contribution in [0.4, 0.5) is 15.9 Å². The van der Waals surface area contributed by atoms with Crippen molar-refractivity contribution in [3.8, 4) is 0 Å². The van der Waals surface area contributed by atoms with Gasteiger partial charge in [-0.2, -0.15) is 0 Å². The molecule has 1 fully saturated rings. The number of aromatic nitrogens is 1. The molecule has 0 aliphatic carbocycles. The first-order valence-corrected chi connectivity index (χ1v) is 6.55. The molecule has 0 bridgehead atoms. The lowest BCUT2D eigenvalue weighted by atomic mass is 10.1. The molecule has 1 aliphatic heterocycles. The van der Waals surface area contributed by atoms with E-state index in [1.54, 1.807) is 18.3 Å². The van der Waals surface area contributed by atoms with Crippen molar-refractivity contribution in [2.75, 3.05) is 24.1 Å². The van der Waals surface area contributed by atoms with Gasteiger partial charge in [0.05, 0.1) is 5.39 Å². The first-order valence-electron chi connectivity index (χ1n) is 6.55. The second kappa shape index (κ2) is 5.01. The van der Waals surface area contributed by atoms with Gasteiger partial charge in [-0.1, -0.05) is 0 Å². The number of piperidine rings is 1. The lowest BCUT2D eigenvalue weighted by molar-refractivity contribution is 0.478. The Balaban J connectivity index is 2.00. The van der Waals surface area contributed by atoms with E-state index in [9.17, 15) is 4.39 Å². The predicted octanol–water partition coefficient (Wildman–Crippen LogP) is 2.12. The van der Waals surface area contributed by atoms with Gasteiger partial charge in [-0.3, -0.25) is 0 Å². The highest BCUT2D eigenvalue weighted by Crippen LogP contribution is 2.29. The molecule has 0 amide bonds. The van der Waals surface area contributed by atoms with Crippen LogP contribution < -0.4 is 16.4 Å². The molecule has 2 heterocycles. The Hall–Kier alpha value is -1.88. The number of anilines is 2. The van der Waals surface area contributed by atoms with Crippen LogP contribution in [0.25, 0.3) is 10.8 Å². The van der Waals surface area contributed by atoms with Gasteiger partial charge in [0.1, 0.15) is 11.6 Å². The largest absolute Gasteiger partial charge is 0.398 e. The Morgan fingerprint density at radius 1 is 1.26 bits per heavy atom.